The van der Waals surface area contributed by atoms with E-state index in [1.165, 1.54) is 27.8 Å². The van der Waals surface area contributed by atoms with Gasteiger partial charge in [0.25, 0.3) is 0 Å². The van der Waals surface area contributed by atoms with Crippen molar-refractivity contribution in [2.45, 2.75) is 26.3 Å². The van der Waals surface area contributed by atoms with E-state index < -0.39 is 5.54 Å². The lowest BCUT2D eigenvalue weighted by Gasteiger charge is -2.46. The molecule has 3 heterocycles. The molecule has 1 unspecified atom stereocenters. The minimum atomic E-state index is -0.414. The molecule has 3 heteroatoms. The topological polar surface area (TPSA) is 29.0 Å². The second-order valence-electron chi connectivity index (χ2n) is 8.79. The Morgan fingerprint density at radius 2 is 1.18 bits per heavy atom. The second kappa shape index (κ2) is 8.51. The highest BCUT2D eigenvalue weighted by molar-refractivity contribution is 5.94. The van der Waals surface area contributed by atoms with Crippen LogP contribution in [0.3, 0.4) is 0 Å². The van der Waals surface area contributed by atoms with E-state index in [1.54, 1.807) is 0 Å². The molecule has 4 aromatic rings. The molecule has 1 aliphatic heterocycles. The molecular formula is C30H27N3. The number of pyridine rings is 2. The van der Waals surface area contributed by atoms with Crippen LogP contribution in [0.25, 0.3) is 11.3 Å². The number of hydrogen-bond donors (Lipinski definition) is 0. The van der Waals surface area contributed by atoms with Crippen molar-refractivity contribution in [2.75, 3.05) is 4.90 Å². The van der Waals surface area contributed by atoms with E-state index in [9.17, 15) is 0 Å². The summed E-state index contributed by atoms with van der Waals surface area (Å²) in [6.45, 7) is 6.54. The normalized spacial score (nSPS) is 18.0. The van der Waals surface area contributed by atoms with E-state index in [-0.39, 0.29) is 0 Å². The molecule has 0 amide bonds. The molecule has 2 aromatic heterocycles. The molecule has 0 bridgehead atoms. The minimum Gasteiger partial charge on any atom is -0.327 e. The van der Waals surface area contributed by atoms with Gasteiger partial charge in [-0.3, -0.25) is 9.97 Å². The summed E-state index contributed by atoms with van der Waals surface area (Å²) in [6, 6.07) is 25.9. The molecule has 3 nitrogen and oxygen atoms in total. The van der Waals surface area contributed by atoms with Crippen molar-refractivity contribution in [1.29, 1.82) is 0 Å². The number of rotatable bonds is 4. The maximum absolute atomic E-state index is 4.28. The van der Waals surface area contributed by atoms with Crippen molar-refractivity contribution in [3.05, 3.63) is 138 Å². The van der Waals surface area contributed by atoms with Gasteiger partial charge in [0.2, 0.25) is 0 Å². The number of allylic oxidation sites excluding steroid dienone is 2. The van der Waals surface area contributed by atoms with Crippen LogP contribution >= 0.6 is 0 Å². The van der Waals surface area contributed by atoms with E-state index in [4.69, 9.17) is 0 Å². The zero-order valence-electron chi connectivity index (χ0n) is 19.2. The molecule has 0 N–H and O–H groups in total. The maximum Gasteiger partial charge on any atom is 0.0867 e. The van der Waals surface area contributed by atoms with Gasteiger partial charge in [0.15, 0.2) is 0 Å². The molecule has 1 aliphatic rings. The van der Waals surface area contributed by atoms with Crippen LogP contribution in [0.5, 0.6) is 0 Å². The van der Waals surface area contributed by atoms with Crippen LogP contribution in [-0.4, -0.2) is 9.97 Å². The molecular weight excluding hydrogens is 402 g/mol. The summed E-state index contributed by atoms with van der Waals surface area (Å²) in [5.41, 5.74) is 9.08. The van der Waals surface area contributed by atoms with Crippen molar-refractivity contribution in [1.82, 2.24) is 9.97 Å². The Balaban J connectivity index is 1.79. The predicted octanol–water partition coefficient (Wildman–Crippen LogP) is 6.95. The number of anilines is 1. The van der Waals surface area contributed by atoms with E-state index in [0.717, 1.165) is 16.9 Å². The van der Waals surface area contributed by atoms with Gasteiger partial charge < -0.3 is 4.90 Å². The SMILES string of the molecule is Cc1ccc(C2=CC(c3ccncc3)=CC(C)(c3ccc(C)cc3)N2c2ccncc2)cc1. The van der Waals surface area contributed by atoms with Gasteiger partial charge in [0, 0.05) is 30.5 Å². The quantitative estimate of drug-likeness (QED) is 0.351. The van der Waals surface area contributed by atoms with Crippen molar-refractivity contribution in [3.63, 3.8) is 0 Å². The second-order valence-corrected chi connectivity index (χ2v) is 8.79. The first-order valence-corrected chi connectivity index (χ1v) is 11.2. The summed E-state index contributed by atoms with van der Waals surface area (Å²) < 4.78 is 0. The lowest BCUT2D eigenvalue weighted by molar-refractivity contribution is 0.606. The van der Waals surface area contributed by atoms with Crippen LogP contribution in [0.1, 0.15) is 34.7 Å². The van der Waals surface area contributed by atoms with Gasteiger partial charge in [-0.1, -0.05) is 59.7 Å². The van der Waals surface area contributed by atoms with E-state index in [1.807, 2.05) is 24.8 Å². The third-order valence-electron chi connectivity index (χ3n) is 6.35. The van der Waals surface area contributed by atoms with E-state index in [0.29, 0.717) is 0 Å². The van der Waals surface area contributed by atoms with Gasteiger partial charge in [-0.2, -0.15) is 0 Å². The number of hydrogen-bond acceptors (Lipinski definition) is 3. The first-order valence-electron chi connectivity index (χ1n) is 11.2. The highest BCUT2D eigenvalue weighted by atomic mass is 15.2. The van der Waals surface area contributed by atoms with Crippen LogP contribution in [0.2, 0.25) is 0 Å². The zero-order valence-corrected chi connectivity index (χ0v) is 19.2. The predicted molar refractivity (Wildman–Crippen MR) is 137 cm³/mol. The van der Waals surface area contributed by atoms with Crippen LogP contribution in [0.4, 0.5) is 5.69 Å². The van der Waals surface area contributed by atoms with Crippen LogP contribution in [0.15, 0.2) is 110 Å². The molecule has 0 saturated carbocycles. The number of benzene rings is 2. The zero-order chi connectivity index (χ0) is 22.8. The molecule has 5 rings (SSSR count). The van der Waals surface area contributed by atoms with Crippen LogP contribution < -0.4 is 4.90 Å². The van der Waals surface area contributed by atoms with Crippen molar-refractivity contribution in [3.8, 4) is 0 Å². The summed E-state index contributed by atoms with van der Waals surface area (Å²) >= 11 is 0. The van der Waals surface area contributed by atoms with Gasteiger partial charge in [-0.25, -0.2) is 0 Å². The average molecular weight is 430 g/mol. The third kappa shape index (κ3) is 3.98. The standard InChI is InChI=1S/C30H27N3/c1-22-4-8-25(9-5-22)29-20-26(24-12-16-31-17-13-24)21-30(3,27-10-6-23(2)7-11-27)33(29)28-14-18-32-19-15-28/h4-21H,1-3H3. The van der Waals surface area contributed by atoms with Crippen molar-refractivity contribution >= 4 is 17.0 Å². The Morgan fingerprint density at radius 1 is 0.636 bits per heavy atom. The molecule has 0 radical (unpaired) electrons. The summed E-state index contributed by atoms with van der Waals surface area (Å²) in [5.74, 6) is 0. The molecule has 1 atom stereocenters. The van der Waals surface area contributed by atoms with E-state index in [2.05, 4.69) is 121 Å². The van der Waals surface area contributed by atoms with Crippen molar-refractivity contribution < 1.29 is 0 Å². The van der Waals surface area contributed by atoms with Gasteiger partial charge in [0.1, 0.15) is 0 Å². The van der Waals surface area contributed by atoms with Gasteiger partial charge >= 0.3 is 0 Å². The fourth-order valence-corrected chi connectivity index (χ4v) is 4.52. The fourth-order valence-electron chi connectivity index (χ4n) is 4.52. The Morgan fingerprint density at radius 3 is 1.79 bits per heavy atom. The Labute approximate surface area is 195 Å². The smallest absolute Gasteiger partial charge is 0.0867 e. The summed E-state index contributed by atoms with van der Waals surface area (Å²) in [4.78, 5) is 10.9. The van der Waals surface area contributed by atoms with Crippen LogP contribution in [0, 0.1) is 13.8 Å². The molecule has 162 valence electrons. The highest BCUT2D eigenvalue weighted by Crippen LogP contribution is 2.46. The largest absolute Gasteiger partial charge is 0.327 e. The molecule has 33 heavy (non-hydrogen) atoms. The Hall–Kier alpha value is -3.98. The molecule has 0 fully saturated rings. The Bertz CT molecular complexity index is 1300. The summed E-state index contributed by atoms with van der Waals surface area (Å²) in [7, 11) is 0. The lowest BCUT2D eigenvalue weighted by Crippen LogP contribution is -2.43. The fraction of sp³-hybridized carbons (Fsp3) is 0.133. The lowest BCUT2D eigenvalue weighted by atomic mass is 9.81. The molecule has 0 spiro atoms. The minimum absolute atomic E-state index is 0.414. The number of aromatic nitrogens is 2. The van der Waals surface area contributed by atoms with Crippen molar-refractivity contribution in [2.24, 2.45) is 0 Å². The first kappa shape index (κ1) is 20.9. The first-order chi connectivity index (χ1) is 16.0. The molecule has 2 aromatic carbocycles. The Kier molecular flexibility index (Phi) is 5.39. The average Bonchev–Trinajstić information content (AvgIpc) is 2.85. The van der Waals surface area contributed by atoms with Gasteiger partial charge in [-0.05, 0) is 79.5 Å². The van der Waals surface area contributed by atoms with Crippen LogP contribution in [-0.2, 0) is 5.54 Å². The molecule has 0 saturated heterocycles. The number of nitrogens with zero attached hydrogens (tertiary/aromatic N) is 3. The summed E-state index contributed by atoms with van der Waals surface area (Å²) in [5, 5.41) is 0. The van der Waals surface area contributed by atoms with Gasteiger partial charge in [0.05, 0.1) is 11.2 Å². The highest BCUT2D eigenvalue weighted by Gasteiger charge is 2.38. The van der Waals surface area contributed by atoms with Gasteiger partial charge in [-0.15, -0.1) is 0 Å². The monoisotopic (exact) mass is 429 g/mol. The maximum atomic E-state index is 4.28. The third-order valence-corrected chi connectivity index (χ3v) is 6.35. The summed E-state index contributed by atoms with van der Waals surface area (Å²) in [6.07, 6.45) is 12.1. The van der Waals surface area contributed by atoms with E-state index >= 15 is 0 Å². The number of aryl methyl sites for hydroxylation is 2. The molecule has 0 aliphatic carbocycles.